The van der Waals surface area contributed by atoms with E-state index in [-0.39, 0.29) is 11.9 Å². The van der Waals surface area contributed by atoms with Gasteiger partial charge in [-0.25, -0.2) is 0 Å². The average Bonchev–Trinajstić information content (AvgIpc) is 2.64. The molecular weight excluding hydrogens is 348 g/mol. The number of hydrogen-bond acceptors (Lipinski definition) is 3. The third kappa shape index (κ3) is 4.44. The smallest absolute Gasteiger partial charge is 0.251 e. The van der Waals surface area contributed by atoms with E-state index in [0.29, 0.717) is 19.8 Å². The summed E-state index contributed by atoms with van der Waals surface area (Å²) in [4.78, 5) is 15.0. The molecule has 2 aromatic rings. The number of nitrogens with zero attached hydrogens (tertiary/aromatic N) is 1. The molecule has 1 unspecified atom stereocenters. The predicted octanol–water partition coefficient (Wildman–Crippen LogP) is 3.76. The van der Waals surface area contributed by atoms with Crippen molar-refractivity contribution in [1.29, 1.82) is 0 Å². The van der Waals surface area contributed by atoms with Crippen LogP contribution in [-0.4, -0.2) is 43.7 Å². The summed E-state index contributed by atoms with van der Waals surface area (Å²) in [6.45, 7) is 7.56. The topological polar surface area (TPSA) is 41.6 Å². The minimum atomic E-state index is -0.0483. The fourth-order valence-corrected chi connectivity index (χ4v) is 3.68. The highest BCUT2D eigenvalue weighted by molar-refractivity contribution is 6.31. The van der Waals surface area contributed by atoms with Crippen molar-refractivity contribution in [3.63, 3.8) is 0 Å². The minimum Gasteiger partial charge on any atom is -0.379 e. The third-order valence-electron chi connectivity index (χ3n) is 4.83. The molecule has 1 N–H and O–H groups in total. The SMILES string of the molecule is Cc1ccc(C(=O)NCC(c2ccccc2Cl)N2CCOCC2)c(C)c1. The average molecular weight is 373 g/mol. The first-order valence-corrected chi connectivity index (χ1v) is 9.35. The maximum absolute atomic E-state index is 12.7. The van der Waals surface area contributed by atoms with Gasteiger partial charge in [0.1, 0.15) is 0 Å². The number of ether oxygens (including phenoxy) is 1. The van der Waals surface area contributed by atoms with Gasteiger partial charge in [-0.1, -0.05) is 47.5 Å². The van der Waals surface area contributed by atoms with E-state index in [1.54, 1.807) is 0 Å². The Hall–Kier alpha value is -1.88. The number of hydrogen-bond donors (Lipinski definition) is 1. The summed E-state index contributed by atoms with van der Waals surface area (Å²) in [5, 5.41) is 3.83. The van der Waals surface area contributed by atoms with Crippen LogP contribution in [0.25, 0.3) is 0 Å². The molecule has 1 amide bonds. The van der Waals surface area contributed by atoms with Gasteiger partial charge in [0, 0.05) is 30.2 Å². The van der Waals surface area contributed by atoms with E-state index in [1.807, 2.05) is 56.3 Å². The molecule has 1 heterocycles. The summed E-state index contributed by atoms with van der Waals surface area (Å²) in [6, 6.07) is 13.8. The van der Waals surface area contributed by atoms with Crippen molar-refractivity contribution in [2.24, 2.45) is 0 Å². The first kappa shape index (κ1) is 18.9. The number of morpholine rings is 1. The Morgan fingerprint density at radius 1 is 1.19 bits per heavy atom. The highest BCUT2D eigenvalue weighted by Crippen LogP contribution is 2.28. The highest BCUT2D eigenvalue weighted by atomic mass is 35.5. The Balaban J connectivity index is 1.77. The van der Waals surface area contributed by atoms with Crippen LogP contribution < -0.4 is 5.32 Å². The van der Waals surface area contributed by atoms with E-state index in [4.69, 9.17) is 16.3 Å². The lowest BCUT2D eigenvalue weighted by Crippen LogP contribution is -2.44. The van der Waals surface area contributed by atoms with E-state index in [9.17, 15) is 4.79 Å². The molecule has 0 radical (unpaired) electrons. The summed E-state index contributed by atoms with van der Waals surface area (Å²) < 4.78 is 5.48. The van der Waals surface area contributed by atoms with E-state index < -0.39 is 0 Å². The van der Waals surface area contributed by atoms with Gasteiger partial charge < -0.3 is 10.1 Å². The van der Waals surface area contributed by atoms with Crippen LogP contribution in [0.3, 0.4) is 0 Å². The summed E-state index contributed by atoms with van der Waals surface area (Å²) in [6.07, 6.45) is 0. The maximum atomic E-state index is 12.7. The minimum absolute atomic E-state index is 0.0299. The molecule has 1 atom stereocenters. The molecule has 0 aliphatic carbocycles. The van der Waals surface area contributed by atoms with Crippen molar-refractivity contribution in [3.05, 3.63) is 69.7 Å². The summed E-state index contributed by atoms with van der Waals surface area (Å²) in [7, 11) is 0. The number of benzene rings is 2. The van der Waals surface area contributed by atoms with Crippen LogP contribution in [0.2, 0.25) is 5.02 Å². The number of carbonyl (C=O) groups is 1. The number of carbonyl (C=O) groups excluding carboxylic acids is 1. The summed E-state index contributed by atoms with van der Waals surface area (Å²) in [5.41, 5.74) is 3.90. The predicted molar refractivity (Wildman–Crippen MR) is 105 cm³/mol. The molecule has 1 fully saturated rings. The van der Waals surface area contributed by atoms with E-state index >= 15 is 0 Å². The molecule has 26 heavy (non-hydrogen) atoms. The third-order valence-corrected chi connectivity index (χ3v) is 5.18. The zero-order valence-electron chi connectivity index (χ0n) is 15.3. The number of rotatable bonds is 5. The lowest BCUT2D eigenvalue weighted by atomic mass is 10.0. The zero-order valence-corrected chi connectivity index (χ0v) is 16.1. The van der Waals surface area contributed by atoms with Gasteiger partial charge in [-0.05, 0) is 37.1 Å². The van der Waals surface area contributed by atoms with Crippen molar-refractivity contribution < 1.29 is 9.53 Å². The standard InChI is InChI=1S/C21H25ClN2O2/c1-15-7-8-17(16(2)13-15)21(25)23-14-20(24-9-11-26-12-10-24)18-5-3-4-6-19(18)22/h3-8,13,20H,9-12,14H2,1-2H3,(H,23,25). The molecule has 0 bridgehead atoms. The van der Waals surface area contributed by atoms with Gasteiger partial charge in [0.05, 0.1) is 19.3 Å². The second-order valence-corrected chi connectivity index (χ2v) is 7.12. The Bertz CT molecular complexity index is 772. The number of aryl methyl sites for hydroxylation is 2. The molecule has 138 valence electrons. The van der Waals surface area contributed by atoms with Crippen LogP contribution in [0.15, 0.2) is 42.5 Å². The second kappa shape index (κ2) is 8.67. The highest BCUT2D eigenvalue weighted by Gasteiger charge is 2.25. The molecular formula is C21H25ClN2O2. The Morgan fingerprint density at radius 2 is 1.92 bits per heavy atom. The van der Waals surface area contributed by atoms with Gasteiger partial charge in [-0.15, -0.1) is 0 Å². The Kier molecular flexibility index (Phi) is 6.30. The van der Waals surface area contributed by atoms with Gasteiger partial charge in [0.25, 0.3) is 5.91 Å². The van der Waals surface area contributed by atoms with Crippen LogP contribution in [0, 0.1) is 13.8 Å². The Labute approximate surface area is 160 Å². The molecule has 0 saturated carbocycles. The molecule has 0 aromatic heterocycles. The first-order valence-electron chi connectivity index (χ1n) is 8.98. The molecule has 5 heteroatoms. The summed E-state index contributed by atoms with van der Waals surface area (Å²) >= 11 is 6.44. The molecule has 1 aliphatic rings. The first-order chi connectivity index (χ1) is 12.6. The van der Waals surface area contributed by atoms with Crippen molar-refractivity contribution in [2.75, 3.05) is 32.8 Å². The fourth-order valence-electron chi connectivity index (χ4n) is 3.42. The van der Waals surface area contributed by atoms with Gasteiger partial charge in [0.2, 0.25) is 0 Å². The van der Waals surface area contributed by atoms with Gasteiger partial charge >= 0.3 is 0 Å². The number of amides is 1. The number of nitrogens with one attached hydrogen (secondary N) is 1. The number of halogens is 1. The van der Waals surface area contributed by atoms with Crippen LogP contribution in [0.1, 0.15) is 33.1 Å². The van der Waals surface area contributed by atoms with Gasteiger partial charge in [0.15, 0.2) is 0 Å². The lowest BCUT2D eigenvalue weighted by Gasteiger charge is -2.35. The molecule has 4 nitrogen and oxygen atoms in total. The maximum Gasteiger partial charge on any atom is 0.251 e. The van der Waals surface area contributed by atoms with Crippen LogP contribution in [0.4, 0.5) is 0 Å². The molecule has 1 aliphatic heterocycles. The molecule has 0 spiro atoms. The quantitative estimate of drug-likeness (QED) is 0.868. The van der Waals surface area contributed by atoms with Gasteiger partial charge in [-0.2, -0.15) is 0 Å². The van der Waals surface area contributed by atoms with Crippen molar-refractivity contribution >= 4 is 17.5 Å². The largest absolute Gasteiger partial charge is 0.379 e. The van der Waals surface area contributed by atoms with Crippen molar-refractivity contribution in [2.45, 2.75) is 19.9 Å². The van der Waals surface area contributed by atoms with E-state index in [1.165, 1.54) is 0 Å². The normalized spacial score (nSPS) is 16.3. The van der Waals surface area contributed by atoms with Gasteiger partial charge in [-0.3, -0.25) is 9.69 Å². The molecule has 3 rings (SSSR count). The summed E-state index contributed by atoms with van der Waals surface area (Å²) in [5.74, 6) is -0.0483. The van der Waals surface area contributed by atoms with Crippen molar-refractivity contribution in [3.8, 4) is 0 Å². The van der Waals surface area contributed by atoms with Crippen LogP contribution >= 0.6 is 11.6 Å². The van der Waals surface area contributed by atoms with Crippen LogP contribution in [-0.2, 0) is 4.74 Å². The molecule has 1 saturated heterocycles. The van der Waals surface area contributed by atoms with Crippen molar-refractivity contribution in [1.82, 2.24) is 10.2 Å². The van der Waals surface area contributed by atoms with E-state index in [2.05, 4.69) is 10.2 Å². The lowest BCUT2D eigenvalue weighted by molar-refractivity contribution is 0.0162. The zero-order chi connectivity index (χ0) is 18.5. The molecule has 2 aromatic carbocycles. The Morgan fingerprint density at radius 3 is 2.62 bits per heavy atom. The fraction of sp³-hybridized carbons (Fsp3) is 0.381. The second-order valence-electron chi connectivity index (χ2n) is 6.71. The van der Waals surface area contributed by atoms with Crippen LogP contribution in [0.5, 0.6) is 0 Å². The van der Waals surface area contributed by atoms with E-state index in [0.717, 1.165) is 40.4 Å². The monoisotopic (exact) mass is 372 g/mol.